The molecule has 1 amide bonds. The molecule has 13 nitrogen and oxygen atoms in total. The van der Waals surface area contributed by atoms with Crippen molar-refractivity contribution in [3.05, 3.63) is 48.9 Å². The van der Waals surface area contributed by atoms with Crippen LogP contribution in [0, 0.1) is 0 Å². The number of hydrogen-bond acceptors (Lipinski definition) is 10. The topological polar surface area (TPSA) is 145 Å². The lowest BCUT2D eigenvalue weighted by molar-refractivity contribution is -0.134. The number of hydrogen-bond donors (Lipinski definition) is 2. The number of nitrogens with zero attached hydrogens (tertiary/aromatic N) is 8. The molecule has 202 valence electrons. The van der Waals surface area contributed by atoms with Gasteiger partial charge in [0.05, 0.1) is 17.8 Å². The van der Waals surface area contributed by atoms with Gasteiger partial charge in [0, 0.05) is 38.4 Å². The van der Waals surface area contributed by atoms with Gasteiger partial charge >= 0.3 is 0 Å². The van der Waals surface area contributed by atoms with E-state index in [1.165, 1.54) is 4.52 Å². The maximum Gasteiger partial charge on any atom is 0.247 e. The molecule has 3 N–H and O–H groups in total. The molecule has 0 aliphatic carbocycles. The Labute approximate surface area is 224 Å². The van der Waals surface area contributed by atoms with Gasteiger partial charge in [0.25, 0.3) is 0 Å². The van der Waals surface area contributed by atoms with Crippen LogP contribution >= 0.6 is 0 Å². The number of rotatable bonds is 8. The van der Waals surface area contributed by atoms with Crippen molar-refractivity contribution in [1.82, 2.24) is 39.6 Å². The number of nitrogens with one attached hydrogen (secondary N) is 1. The van der Waals surface area contributed by atoms with Crippen LogP contribution in [0.15, 0.2) is 53.3 Å². The van der Waals surface area contributed by atoms with Gasteiger partial charge in [-0.25, -0.2) is 9.67 Å². The summed E-state index contributed by atoms with van der Waals surface area (Å²) in [4.78, 5) is 26.7. The molecule has 1 aliphatic rings. The van der Waals surface area contributed by atoms with Crippen LogP contribution in [-0.2, 0) is 4.79 Å². The molecule has 0 saturated carbocycles. The zero-order valence-corrected chi connectivity index (χ0v) is 21.8. The number of benzene rings is 1. The van der Waals surface area contributed by atoms with Crippen molar-refractivity contribution in [1.29, 1.82) is 0 Å². The van der Waals surface area contributed by atoms with Crippen molar-refractivity contribution in [3.8, 4) is 17.3 Å². The Kier molecular flexibility index (Phi) is 6.49. The molecule has 1 aromatic carbocycles. The first-order valence-electron chi connectivity index (χ1n) is 12.9. The minimum absolute atomic E-state index is 0.0223. The summed E-state index contributed by atoms with van der Waals surface area (Å²) in [5, 5.41) is 12.6. The van der Waals surface area contributed by atoms with Gasteiger partial charge in [-0.3, -0.25) is 4.79 Å². The molecular formula is C26H30N10O3. The highest BCUT2D eigenvalue weighted by atomic mass is 16.5. The summed E-state index contributed by atoms with van der Waals surface area (Å²) in [5.41, 5.74) is 8.31. The van der Waals surface area contributed by atoms with E-state index in [9.17, 15) is 4.79 Å². The lowest BCUT2D eigenvalue weighted by Crippen LogP contribution is -2.50. The molecule has 4 aromatic heterocycles. The van der Waals surface area contributed by atoms with Crippen molar-refractivity contribution < 1.29 is 13.9 Å². The van der Waals surface area contributed by atoms with Gasteiger partial charge in [-0.05, 0) is 50.4 Å². The van der Waals surface area contributed by atoms with Crippen LogP contribution in [0.1, 0.15) is 13.0 Å². The first-order chi connectivity index (χ1) is 19.0. The number of likely N-dealkylation sites (N-methyl/N-ethyl adjacent to an activating group) is 1. The second-order valence-corrected chi connectivity index (χ2v) is 9.38. The number of carbonyl (C=O) groups excluding carboxylic acids is 1. The van der Waals surface area contributed by atoms with Crippen LogP contribution in [0.25, 0.3) is 28.3 Å². The average Bonchev–Trinajstić information content (AvgIpc) is 3.73. The van der Waals surface area contributed by atoms with E-state index in [1.807, 2.05) is 31.0 Å². The molecule has 0 bridgehead atoms. The Balaban J connectivity index is 1.15. The predicted molar refractivity (Wildman–Crippen MR) is 146 cm³/mol. The quantitative estimate of drug-likeness (QED) is 0.285. The Morgan fingerprint density at radius 1 is 1.13 bits per heavy atom. The minimum Gasteiger partial charge on any atom is -0.492 e. The number of fused-ring (bicyclic) bond motifs is 3. The molecule has 1 fully saturated rings. The SMILES string of the molecule is CNCCOc1ccc(N2CCN(C(=O)C(C)n3ncc4c3nc(N)n3nc(-c5ccco5)nc43)CC2)cc1. The molecule has 0 radical (unpaired) electrons. The molecule has 1 saturated heterocycles. The van der Waals surface area contributed by atoms with E-state index in [0.29, 0.717) is 48.0 Å². The first kappa shape index (κ1) is 24.7. The third-order valence-corrected chi connectivity index (χ3v) is 6.93. The zero-order valence-electron chi connectivity index (χ0n) is 21.8. The summed E-state index contributed by atoms with van der Waals surface area (Å²) >= 11 is 0. The Bertz CT molecular complexity index is 1580. The van der Waals surface area contributed by atoms with Crippen LogP contribution < -0.4 is 20.7 Å². The standard InChI is InChI=1S/C26H30N10O3/c1-17(25(37)34-12-10-33(11-13-34)18-5-7-19(8-6-18)38-15-9-28-2)35-24-20(16-29-35)23-30-22(21-4-3-14-39-21)32-36(23)26(27)31-24/h3-8,14,16-17,28H,9-13,15H2,1-2H3,(H2,27,31). The van der Waals surface area contributed by atoms with Crippen LogP contribution in [0.5, 0.6) is 5.75 Å². The number of piperazine rings is 1. The summed E-state index contributed by atoms with van der Waals surface area (Å²) in [6.45, 7) is 5.94. The smallest absolute Gasteiger partial charge is 0.247 e. The number of anilines is 2. The van der Waals surface area contributed by atoms with Crippen LogP contribution in [0.3, 0.4) is 0 Å². The largest absolute Gasteiger partial charge is 0.492 e. The lowest BCUT2D eigenvalue weighted by Gasteiger charge is -2.37. The fourth-order valence-corrected chi connectivity index (χ4v) is 4.80. The predicted octanol–water partition coefficient (Wildman–Crippen LogP) is 1.82. The summed E-state index contributed by atoms with van der Waals surface area (Å²) in [7, 11) is 1.90. The monoisotopic (exact) mass is 530 g/mol. The highest BCUT2D eigenvalue weighted by Crippen LogP contribution is 2.26. The zero-order chi connectivity index (χ0) is 26.9. The molecule has 39 heavy (non-hydrogen) atoms. The number of amides is 1. The summed E-state index contributed by atoms with van der Waals surface area (Å²) in [5.74, 6) is 1.89. The summed E-state index contributed by atoms with van der Waals surface area (Å²) < 4.78 is 14.2. The number of carbonyl (C=O) groups is 1. The number of aromatic nitrogens is 6. The van der Waals surface area contributed by atoms with E-state index in [4.69, 9.17) is 14.9 Å². The van der Waals surface area contributed by atoms with Crippen molar-refractivity contribution in [2.75, 3.05) is 57.0 Å². The summed E-state index contributed by atoms with van der Waals surface area (Å²) in [6, 6.07) is 11.1. The third kappa shape index (κ3) is 4.61. The van der Waals surface area contributed by atoms with Gasteiger partial charge in [0.1, 0.15) is 18.4 Å². The van der Waals surface area contributed by atoms with E-state index in [0.717, 1.165) is 31.1 Å². The van der Waals surface area contributed by atoms with Crippen molar-refractivity contribution in [3.63, 3.8) is 0 Å². The Hall–Kier alpha value is -4.65. The highest BCUT2D eigenvalue weighted by molar-refractivity contribution is 5.92. The van der Waals surface area contributed by atoms with Crippen molar-refractivity contribution in [2.45, 2.75) is 13.0 Å². The molecule has 5 heterocycles. The third-order valence-electron chi connectivity index (χ3n) is 6.93. The van der Waals surface area contributed by atoms with Crippen molar-refractivity contribution in [2.24, 2.45) is 0 Å². The minimum atomic E-state index is -0.565. The number of nitrogen functional groups attached to an aromatic ring is 1. The molecule has 5 aromatic rings. The van der Waals surface area contributed by atoms with Crippen LogP contribution in [0.4, 0.5) is 11.6 Å². The average molecular weight is 531 g/mol. The molecule has 0 spiro atoms. The highest BCUT2D eigenvalue weighted by Gasteiger charge is 2.28. The van der Waals surface area contributed by atoms with Crippen LogP contribution in [0.2, 0.25) is 0 Å². The van der Waals surface area contributed by atoms with Gasteiger partial charge in [-0.2, -0.15) is 14.6 Å². The summed E-state index contributed by atoms with van der Waals surface area (Å²) in [6.07, 6.45) is 3.20. The van der Waals surface area contributed by atoms with Gasteiger partial charge in [0.15, 0.2) is 17.1 Å². The van der Waals surface area contributed by atoms with Gasteiger partial charge in [-0.15, -0.1) is 5.10 Å². The number of ether oxygens (including phenoxy) is 1. The van der Waals surface area contributed by atoms with Gasteiger partial charge in [-0.1, -0.05) is 0 Å². The normalized spacial score (nSPS) is 14.8. The molecule has 1 unspecified atom stereocenters. The second kappa shape index (κ2) is 10.3. The molecule has 6 rings (SSSR count). The second-order valence-electron chi connectivity index (χ2n) is 9.38. The first-order valence-corrected chi connectivity index (χ1v) is 12.9. The Morgan fingerprint density at radius 2 is 1.92 bits per heavy atom. The molecule has 13 heteroatoms. The van der Waals surface area contributed by atoms with Crippen LogP contribution in [-0.4, -0.2) is 86.5 Å². The fourth-order valence-electron chi connectivity index (χ4n) is 4.80. The van der Waals surface area contributed by atoms with E-state index in [-0.39, 0.29) is 11.9 Å². The maximum atomic E-state index is 13.5. The molecule has 1 atom stereocenters. The molecule has 1 aliphatic heterocycles. The van der Waals surface area contributed by atoms with Gasteiger partial charge in [0.2, 0.25) is 17.7 Å². The van der Waals surface area contributed by atoms with E-state index in [1.54, 1.807) is 29.3 Å². The van der Waals surface area contributed by atoms with Crippen molar-refractivity contribution >= 4 is 34.2 Å². The fraction of sp³-hybridized carbons (Fsp3) is 0.346. The lowest BCUT2D eigenvalue weighted by atomic mass is 10.2. The van der Waals surface area contributed by atoms with E-state index >= 15 is 0 Å². The maximum absolute atomic E-state index is 13.5. The van der Waals surface area contributed by atoms with E-state index in [2.05, 4.69) is 42.5 Å². The Morgan fingerprint density at radius 3 is 2.64 bits per heavy atom. The molecular weight excluding hydrogens is 500 g/mol. The number of nitrogens with two attached hydrogens (primary N) is 1. The number of furan rings is 1. The van der Waals surface area contributed by atoms with E-state index < -0.39 is 6.04 Å². The van der Waals surface area contributed by atoms with Gasteiger partial charge < -0.3 is 30.0 Å².